The van der Waals surface area contributed by atoms with Gasteiger partial charge in [-0.05, 0) is 23.6 Å². The smallest absolute Gasteiger partial charge is 0.310 e. The van der Waals surface area contributed by atoms with E-state index >= 15 is 0 Å². The second-order valence-corrected chi connectivity index (χ2v) is 7.23. The van der Waals surface area contributed by atoms with E-state index in [1.807, 2.05) is 10.9 Å². The van der Waals surface area contributed by atoms with Gasteiger partial charge in [0.1, 0.15) is 0 Å². The summed E-state index contributed by atoms with van der Waals surface area (Å²) in [7, 11) is 0. The maximum Gasteiger partial charge on any atom is 0.310 e. The number of benzene rings is 1. The van der Waals surface area contributed by atoms with Gasteiger partial charge >= 0.3 is 5.97 Å². The molecule has 0 unspecified atom stereocenters. The van der Waals surface area contributed by atoms with Crippen LogP contribution in [0, 0.1) is 11.8 Å². The number of carbonyl (C=O) groups excluding carboxylic acids is 1. The molecule has 24 heavy (non-hydrogen) atoms. The summed E-state index contributed by atoms with van der Waals surface area (Å²) in [5, 5.41) is 4.49. The van der Waals surface area contributed by atoms with Crippen LogP contribution < -0.4 is 0 Å². The Morgan fingerprint density at radius 2 is 2.04 bits per heavy atom. The minimum atomic E-state index is -0.0246. The van der Waals surface area contributed by atoms with Crippen LogP contribution in [0.1, 0.15) is 30.9 Å². The number of aromatic nitrogens is 2. The molecule has 1 aromatic heterocycles. The van der Waals surface area contributed by atoms with Crippen molar-refractivity contribution in [2.24, 2.45) is 11.8 Å². The van der Waals surface area contributed by atoms with E-state index in [4.69, 9.17) is 4.74 Å². The average Bonchev–Trinajstić information content (AvgIpc) is 3.27. The van der Waals surface area contributed by atoms with E-state index in [1.165, 1.54) is 11.1 Å². The van der Waals surface area contributed by atoms with E-state index < -0.39 is 0 Å². The number of fused-ring (bicyclic) bond motifs is 1. The Bertz CT molecular complexity index is 735. The van der Waals surface area contributed by atoms with Crippen molar-refractivity contribution in [1.29, 1.82) is 0 Å². The fourth-order valence-corrected chi connectivity index (χ4v) is 3.67. The minimum absolute atomic E-state index is 0.0246. The summed E-state index contributed by atoms with van der Waals surface area (Å²) in [6, 6.07) is 8.55. The number of hydrogen-bond donors (Lipinski definition) is 0. The van der Waals surface area contributed by atoms with Crippen LogP contribution in [0.3, 0.4) is 0 Å². The van der Waals surface area contributed by atoms with Gasteiger partial charge in [0.25, 0.3) is 0 Å². The summed E-state index contributed by atoms with van der Waals surface area (Å²) in [5.74, 6) is 0.955. The molecule has 2 aliphatic rings. The Morgan fingerprint density at radius 3 is 2.75 bits per heavy atom. The zero-order valence-corrected chi connectivity index (χ0v) is 14.2. The quantitative estimate of drug-likeness (QED) is 0.811. The Hall–Kier alpha value is -2.14. The zero-order valence-electron chi connectivity index (χ0n) is 14.2. The molecule has 0 spiro atoms. The second kappa shape index (κ2) is 6.06. The number of hydrogen-bond acceptors (Lipinski definition) is 4. The summed E-state index contributed by atoms with van der Waals surface area (Å²) in [4.78, 5) is 14.0. The number of nitrogens with zero attached hydrogens (tertiary/aromatic N) is 3. The molecule has 2 atom stereocenters. The van der Waals surface area contributed by atoms with Crippen molar-refractivity contribution in [1.82, 2.24) is 14.7 Å². The maximum atomic E-state index is 11.7. The summed E-state index contributed by atoms with van der Waals surface area (Å²) < 4.78 is 7.05. The molecule has 126 valence electrons. The second-order valence-electron chi connectivity index (χ2n) is 7.23. The van der Waals surface area contributed by atoms with Gasteiger partial charge in [-0.2, -0.15) is 5.10 Å². The largest absolute Gasteiger partial charge is 0.465 e. The molecule has 0 radical (unpaired) electrons. The van der Waals surface area contributed by atoms with Gasteiger partial charge in [-0.3, -0.25) is 9.69 Å². The number of likely N-dealkylation sites (tertiary alicyclic amines) is 1. The van der Waals surface area contributed by atoms with E-state index in [0.717, 1.165) is 25.3 Å². The van der Waals surface area contributed by atoms with Crippen molar-refractivity contribution >= 4 is 5.97 Å². The molecule has 4 rings (SSSR count). The highest BCUT2D eigenvalue weighted by molar-refractivity contribution is 5.75. The van der Waals surface area contributed by atoms with Crippen molar-refractivity contribution in [3.8, 4) is 5.69 Å². The third kappa shape index (κ3) is 2.84. The molecule has 5 heteroatoms. The van der Waals surface area contributed by atoms with Gasteiger partial charge in [-0.1, -0.05) is 26.0 Å². The van der Waals surface area contributed by atoms with E-state index in [9.17, 15) is 4.79 Å². The van der Waals surface area contributed by atoms with Crippen LogP contribution in [0.4, 0.5) is 0 Å². The first-order valence-corrected chi connectivity index (χ1v) is 8.63. The van der Waals surface area contributed by atoms with Gasteiger partial charge in [-0.25, -0.2) is 4.68 Å². The maximum absolute atomic E-state index is 11.7. The summed E-state index contributed by atoms with van der Waals surface area (Å²) in [5.41, 5.74) is 3.59. The minimum Gasteiger partial charge on any atom is -0.465 e. The molecule has 2 saturated heterocycles. The average molecular weight is 325 g/mol. The number of cyclic esters (lactones) is 1. The van der Waals surface area contributed by atoms with Crippen LogP contribution in [0.2, 0.25) is 0 Å². The fraction of sp³-hybridized carbons (Fsp3) is 0.474. The first-order chi connectivity index (χ1) is 11.6. The van der Waals surface area contributed by atoms with Crippen LogP contribution in [-0.4, -0.2) is 40.3 Å². The Balaban J connectivity index is 1.43. The number of carbonyl (C=O) groups is 1. The van der Waals surface area contributed by atoms with E-state index in [2.05, 4.69) is 54.3 Å². The van der Waals surface area contributed by atoms with Crippen molar-refractivity contribution in [3.05, 3.63) is 47.8 Å². The Labute approximate surface area is 142 Å². The molecule has 0 bridgehead atoms. The molecule has 3 heterocycles. The Kier molecular flexibility index (Phi) is 3.88. The number of esters is 1. The molecule has 2 fully saturated rings. The molecule has 2 aromatic rings. The zero-order chi connectivity index (χ0) is 16.7. The third-order valence-corrected chi connectivity index (χ3v) is 5.13. The lowest BCUT2D eigenvalue weighted by Crippen LogP contribution is -2.23. The van der Waals surface area contributed by atoms with Crippen molar-refractivity contribution in [2.75, 3.05) is 19.7 Å². The molecular weight excluding hydrogens is 302 g/mol. The lowest BCUT2D eigenvalue weighted by Gasteiger charge is -2.15. The molecule has 5 nitrogen and oxygen atoms in total. The summed E-state index contributed by atoms with van der Waals surface area (Å²) >= 11 is 0. The Morgan fingerprint density at radius 1 is 1.25 bits per heavy atom. The molecule has 0 amide bonds. The summed E-state index contributed by atoms with van der Waals surface area (Å²) in [6.07, 6.45) is 4.00. The number of ether oxygens (including phenoxy) is 1. The van der Waals surface area contributed by atoms with Crippen LogP contribution >= 0.6 is 0 Å². The van der Waals surface area contributed by atoms with Crippen LogP contribution in [-0.2, 0) is 16.1 Å². The van der Waals surface area contributed by atoms with E-state index in [1.54, 1.807) is 0 Å². The monoisotopic (exact) mass is 325 g/mol. The standard InChI is InChI=1S/C19H23N3O2/c1-13(2)15-3-5-17(6-4-15)22-9-14(7-20-22)8-21-10-16-12-24-19(23)18(16)11-21/h3-7,9,13,16,18H,8,10-12H2,1-2H3/t16-,18-/m1/s1. The molecular formula is C19H23N3O2. The van der Waals surface area contributed by atoms with Gasteiger partial charge in [-0.15, -0.1) is 0 Å². The van der Waals surface area contributed by atoms with Crippen LogP contribution in [0.25, 0.3) is 5.69 Å². The molecule has 1 aromatic carbocycles. The van der Waals surface area contributed by atoms with E-state index in [-0.39, 0.29) is 11.9 Å². The highest BCUT2D eigenvalue weighted by Crippen LogP contribution is 2.31. The van der Waals surface area contributed by atoms with Crippen molar-refractivity contribution < 1.29 is 9.53 Å². The summed E-state index contributed by atoms with van der Waals surface area (Å²) in [6.45, 7) is 7.55. The lowest BCUT2D eigenvalue weighted by molar-refractivity contribution is -0.141. The normalized spacial score (nSPS) is 23.7. The van der Waals surface area contributed by atoms with Gasteiger partial charge in [0.2, 0.25) is 0 Å². The molecule has 2 aliphatic heterocycles. The fourth-order valence-electron chi connectivity index (χ4n) is 3.67. The molecule has 0 saturated carbocycles. The highest BCUT2D eigenvalue weighted by Gasteiger charge is 2.43. The first kappa shape index (κ1) is 15.4. The SMILES string of the molecule is CC(C)c1ccc(-n2cc(CN3C[C@@H]4COC(=O)[C@@H]4C3)cn2)cc1. The predicted octanol–water partition coefficient (Wildman–Crippen LogP) is 2.60. The molecule has 0 aliphatic carbocycles. The van der Waals surface area contributed by atoms with Crippen LogP contribution in [0.5, 0.6) is 0 Å². The van der Waals surface area contributed by atoms with Crippen molar-refractivity contribution in [2.45, 2.75) is 26.3 Å². The highest BCUT2D eigenvalue weighted by atomic mass is 16.5. The van der Waals surface area contributed by atoms with Gasteiger partial charge < -0.3 is 4.74 Å². The number of rotatable bonds is 4. The first-order valence-electron chi connectivity index (χ1n) is 8.63. The third-order valence-electron chi connectivity index (χ3n) is 5.13. The van der Waals surface area contributed by atoms with Crippen molar-refractivity contribution in [3.63, 3.8) is 0 Å². The topological polar surface area (TPSA) is 47.4 Å². The van der Waals surface area contributed by atoms with Crippen LogP contribution in [0.15, 0.2) is 36.7 Å². The van der Waals surface area contributed by atoms with Gasteiger partial charge in [0, 0.05) is 37.3 Å². The molecule has 0 N–H and O–H groups in total. The lowest BCUT2D eigenvalue weighted by atomic mass is 10.0. The predicted molar refractivity (Wildman–Crippen MR) is 90.9 cm³/mol. The van der Waals surface area contributed by atoms with Gasteiger partial charge in [0.15, 0.2) is 0 Å². The van der Waals surface area contributed by atoms with Gasteiger partial charge in [0.05, 0.1) is 24.4 Å². The van der Waals surface area contributed by atoms with E-state index in [0.29, 0.717) is 18.4 Å².